The van der Waals surface area contributed by atoms with E-state index in [9.17, 15) is 19.5 Å². The number of hydrogen-bond acceptors (Lipinski definition) is 4. The number of nitrogens with zero attached hydrogens (tertiary/aromatic N) is 2. The Kier molecular flexibility index (Phi) is 3.25. The summed E-state index contributed by atoms with van der Waals surface area (Å²) in [5, 5.41) is 9.96. The van der Waals surface area contributed by atoms with Crippen LogP contribution in [-0.4, -0.2) is 46.4 Å². The Hall–Kier alpha value is -2.21. The Morgan fingerprint density at radius 3 is 2.48 bits per heavy atom. The van der Waals surface area contributed by atoms with Gasteiger partial charge in [-0.3, -0.25) is 9.59 Å². The van der Waals surface area contributed by atoms with Gasteiger partial charge in [0.25, 0.3) is 5.91 Å². The van der Waals surface area contributed by atoms with Crippen molar-refractivity contribution in [2.75, 3.05) is 11.4 Å². The highest BCUT2D eigenvalue weighted by molar-refractivity contribution is 6.21. The van der Waals surface area contributed by atoms with Gasteiger partial charge in [0.2, 0.25) is 0 Å². The maximum absolute atomic E-state index is 12.4. The van der Waals surface area contributed by atoms with Gasteiger partial charge in [0, 0.05) is 12.1 Å². The van der Waals surface area contributed by atoms with Crippen molar-refractivity contribution in [3.63, 3.8) is 0 Å². The highest BCUT2D eigenvalue weighted by atomic mass is 16.3. The second-order valence-corrected chi connectivity index (χ2v) is 5.41. The monoisotopic (exact) mass is 288 g/mol. The Morgan fingerprint density at radius 1 is 1.24 bits per heavy atom. The Morgan fingerprint density at radius 2 is 1.90 bits per heavy atom. The smallest absolute Gasteiger partial charge is 0.332 e. The molecule has 6 heteroatoms. The first-order valence-electron chi connectivity index (χ1n) is 6.94. The molecule has 0 saturated carbocycles. The minimum atomic E-state index is -0.809. The molecule has 2 aliphatic heterocycles. The van der Waals surface area contributed by atoms with Crippen LogP contribution in [-0.2, 0) is 4.79 Å². The first-order chi connectivity index (χ1) is 10.0. The van der Waals surface area contributed by atoms with Crippen LogP contribution in [0.5, 0.6) is 0 Å². The van der Waals surface area contributed by atoms with Crippen molar-refractivity contribution in [3.8, 4) is 0 Å². The standard InChI is InChI=1S/C15H16N2O4/c1-9(18)10-4-6-11(7-5-10)17-14(20)13-12(19)3-2-8-16(13)15(17)21/h4-7,12-13,19H,2-3,8H2,1H3/t12-,13+/m0/s1. The highest BCUT2D eigenvalue weighted by Gasteiger charge is 2.50. The molecular weight excluding hydrogens is 272 g/mol. The number of ketones is 1. The van der Waals surface area contributed by atoms with Crippen LogP contribution in [0.2, 0.25) is 0 Å². The summed E-state index contributed by atoms with van der Waals surface area (Å²) in [6.45, 7) is 1.94. The topological polar surface area (TPSA) is 77.9 Å². The highest BCUT2D eigenvalue weighted by Crippen LogP contribution is 2.31. The fraction of sp³-hybridized carbons (Fsp3) is 0.400. The SMILES string of the molecule is CC(=O)c1ccc(N2C(=O)[C@H]3[C@@H](O)CCCN3C2=O)cc1. The number of piperidine rings is 1. The van der Waals surface area contributed by atoms with E-state index >= 15 is 0 Å². The Balaban J connectivity index is 1.93. The maximum atomic E-state index is 12.4. The van der Waals surface area contributed by atoms with E-state index in [1.54, 1.807) is 24.3 Å². The van der Waals surface area contributed by atoms with Gasteiger partial charge >= 0.3 is 6.03 Å². The molecule has 0 radical (unpaired) electrons. The number of carbonyl (C=O) groups excluding carboxylic acids is 3. The summed E-state index contributed by atoms with van der Waals surface area (Å²) < 4.78 is 0. The van der Waals surface area contributed by atoms with Crippen LogP contribution in [0, 0.1) is 0 Å². The lowest BCUT2D eigenvalue weighted by atomic mass is 10.00. The molecule has 2 heterocycles. The molecule has 1 N–H and O–H groups in total. The molecule has 1 aromatic rings. The van der Waals surface area contributed by atoms with Gasteiger partial charge in [-0.2, -0.15) is 0 Å². The second kappa shape index (κ2) is 4.96. The Bertz CT molecular complexity index is 611. The predicted octanol–water partition coefficient (Wildman–Crippen LogP) is 1.18. The molecule has 6 nitrogen and oxygen atoms in total. The minimum Gasteiger partial charge on any atom is -0.390 e. The zero-order valence-corrected chi connectivity index (χ0v) is 11.7. The van der Waals surface area contributed by atoms with Crippen molar-refractivity contribution in [2.24, 2.45) is 0 Å². The third kappa shape index (κ3) is 2.12. The number of aliphatic hydroxyl groups excluding tert-OH is 1. The van der Waals surface area contributed by atoms with E-state index in [2.05, 4.69) is 0 Å². The lowest BCUT2D eigenvalue weighted by Crippen LogP contribution is -2.48. The number of anilines is 1. The predicted molar refractivity (Wildman–Crippen MR) is 75.1 cm³/mol. The van der Waals surface area contributed by atoms with E-state index in [4.69, 9.17) is 0 Å². The number of carbonyl (C=O) groups is 3. The van der Waals surface area contributed by atoms with Crippen molar-refractivity contribution in [3.05, 3.63) is 29.8 Å². The molecule has 2 saturated heterocycles. The number of fused-ring (bicyclic) bond motifs is 1. The third-order valence-electron chi connectivity index (χ3n) is 4.04. The molecule has 0 aliphatic carbocycles. The number of imide groups is 1. The average Bonchev–Trinajstić information content (AvgIpc) is 2.72. The quantitative estimate of drug-likeness (QED) is 0.655. The number of benzene rings is 1. The number of hydrogen-bond donors (Lipinski definition) is 1. The number of urea groups is 1. The van der Waals surface area contributed by atoms with Crippen LogP contribution in [0.25, 0.3) is 0 Å². The van der Waals surface area contributed by atoms with Crippen molar-refractivity contribution in [1.29, 1.82) is 0 Å². The molecule has 3 rings (SSSR count). The van der Waals surface area contributed by atoms with Gasteiger partial charge in [0.15, 0.2) is 5.78 Å². The summed E-state index contributed by atoms with van der Waals surface area (Å²) in [5.41, 5.74) is 0.951. The van der Waals surface area contributed by atoms with Crippen molar-refractivity contribution >= 4 is 23.4 Å². The van der Waals surface area contributed by atoms with Crippen LogP contribution in [0.4, 0.5) is 10.5 Å². The van der Waals surface area contributed by atoms with Crippen LogP contribution in [0.1, 0.15) is 30.1 Å². The third-order valence-corrected chi connectivity index (χ3v) is 4.04. The van der Waals surface area contributed by atoms with E-state index in [0.717, 1.165) is 4.90 Å². The van der Waals surface area contributed by atoms with Crippen LogP contribution < -0.4 is 4.90 Å². The van der Waals surface area contributed by atoms with E-state index < -0.39 is 24.1 Å². The normalized spacial score (nSPS) is 25.2. The fourth-order valence-corrected chi connectivity index (χ4v) is 2.93. The number of aliphatic hydroxyl groups is 1. The van der Waals surface area contributed by atoms with Crippen molar-refractivity contribution in [2.45, 2.75) is 31.9 Å². The summed E-state index contributed by atoms with van der Waals surface area (Å²) in [6, 6.07) is 5.16. The summed E-state index contributed by atoms with van der Waals surface area (Å²) in [4.78, 5) is 38.6. The lowest BCUT2D eigenvalue weighted by molar-refractivity contribution is -0.124. The molecule has 110 valence electrons. The van der Waals surface area contributed by atoms with E-state index in [-0.39, 0.29) is 5.78 Å². The summed E-state index contributed by atoms with van der Waals surface area (Å²) in [6.07, 6.45) is 0.405. The molecule has 1 aromatic carbocycles. The Labute approximate surface area is 122 Å². The fourth-order valence-electron chi connectivity index (χ4n) is 2.93. The number of amides is 3. The first kappa shape index (κ1) is 13.8. The van der Waals surface area contributed by atoms with Gasteiger partial charge in [-0.25, -0.2) is 9.69 Å². The molecule has 0 unspecified atom stereocenters. The van der Waals surface area contributed by atoms with Gasteiger partial charge in [-0.1, -0.05) is 0 Å². The van der Waals surface area contributed by atoms with E-state index in [1.807, 2.05) is 0 Å². The van der Waals surface area contributed by atoms with E-state index in [1.165, 1.54) is 11.8 Å². The van der Waals surface area contributed by atoms with Crippen LogP contribution in [0.15, 0.2) is 24.3 Å². The molecule has 3 amide bonds. The molecule has 2 atom stereocenters. The van der Waals surface area contributed by atoms with Crippen LogP contribution in [0.3, 0.4) is 0 Å². The molecule has 2 aliphatic rings. The van der Waals surface area contributed by atoms with Gasteiger partial charge in [0.1, 0.15) is 6.04 Å². The van der Waals surface area contributed by atoms with Crippen molar-refractivity contribution in [1.82, 2.24) is 4.90 Å². The molecule has 0 aromatic heterocycles. The second-order valence-electron chi connectivity index (χ2n) is 5.41. The summed E-state index contributed by atoms with van der Waals surface area (Å²) >= 11 is 0. The van der Waals surface area contributed by atoms with Gasteiger partial charge in [-0.05, 0) is 44.0 Å². The first-order valence-corrected chi connectivity index (χ1v) is 6.94. The number of Topliss-reactive ketones (excluding diaryl/α,β-unsaturated/α-hetero) is 1. The van der Waals surface area contributed by atoms with Crippen LogP contribution >= 0.6 is 0 Å². The summed E-state index contributed by atoms with van der Waals surface area (Å²) in [7, 11) is 0. The molecular formula is C15H16N2O4. The van der Waals surface area contributed by atoms with Gasteiger partial charge in [-0.15, -0.1) is 0 Å². The maximum Gasteiger partial charge on any atom is 0.332 e. The molecule has 0 bridgehead atoms. The largest absolute Gasteiger partial charge is 0.390 e. The van der Waals surface area contributed by atoms with Gasteiger partial charge < -0.3 is 10.0 Å². The summed E-state index contributed by atoms with van der Waals surface area (Å²) in [5.74, 6) is -0.476. The molecule has 2 fully saturated rings. The van der Waals surface area contributed by atoms with E-state index in [0.29, 0.717) is 30.6 Å². The molecule has 0 spiro atoms. The van der Waals surface area contributed by atoms with Gasteiger partial charge in [0.05, 0.1) is 11.8 Å². The average molecular weight is 288 g/mol. The minimum absolute atomic E-state index is 0.0755. The lowest BCUT2D eigenvalue weighted by Gasteiger charge is -2.30. The zero-order valence-electron chi connectivity index (χ0n) is 11.7. The molecule has 21 heavy (non-hydrogen) atoms. The zero-order chi connectivity index (χ0) is 15.1. The van der Waals surface area contributed by atoms with Crippen molar-refractivity contribution < 1.29 is 19.5 Å². The number of rotatable bonds is 2.